The first-order valence-electron chi connectivity index (χ1n) is 10.4. The highest BCUT2D eigenvalue weighted by atomic mass is 15.2. The molecule has 0 saturated carbocycles. The summed E-state index contributed by atoms with van der Waals surface area (Å²) in [7, 11) is 0. The summed E-state index contributed by atoms with van der Waals surface area (Å²) in [5.41, 5.74) is 2.85. The second kappa shape index (κ2) is 7.36. The molecule has 0 spiro atoms. The van der Waals surface area contributed by atoms with Gasteiger partial charge in [-0.15, -0.1) is 0 Å². The molecule has 2 unspecified atom stereocenters. The molecule has 3 aromatic carbocycles. The molecule has 2 fully saturated rings. The summed E-state index contributed by atoms with van der Waals surface area (Å²) < 4.78 is 0. The van der Waals surface area contributed by atoms with Crippen molar-refractivity contribution in [1.29, 1.82) is 0 Å². The first-order chi connectivity index (χ1) is 13.3. The molecule has 2 aliphatic heterocycles. The first-order valence-corrected chi connectivity index (χ1v) is 10.4. The summed E-state index contributed by atoms with van der Waals surface area (Å²) in [4.78, 5) is 5.29. The Morgan fingerprint density at radius 1 is 0.704 bits per heavy atom. The maximum Gasteiger partial charge on any atom is 0.0372 e. The minimum Gasteiger partial charge on any atom is -0.371 e. The lowest BCUT2D eigenvalue weighted by atomic mass is 9.92. The Labute approximate surface area is 162 Å². The Balaban J connectivity index is 1.25. The zero-order valence-corrected chi connectivity index (χ0v) is 15.9. The molecule has 3 aromatic rings. The fourth-order valence-electron chi connectivity index (χ4n) is 4.99. The van der Waals surface area contributed by atoms with Crippen LogP contribution in [-0.4, -0.2) is 31.1 Å². The third-order valence-electron chi connectivity index (χ3n) is 6.56. The highest BCUT2D eigenvalue weighted by Gasteiger charge is 2.34. The van der Waals surface area contributed by atoms with E-state index >= 15 is 0 Å². The molecule has 0 aromatic heterocycles. The van der Waals surface area contributed by atoms with Crippen LogP contribution in [0.25, 0.3) is 10.8 Å². The number of hydrogen-bond donors (Lipinski definition) is 0. The smallest absolute Gasteiger partial charge is 0.0372 e. The molecule has 0 aliphatic carbocycles. The molecule has 0 N–H and O–H groups in total. The van der Waals surface area contributed by atoms with Gasteiger partial charge < -0.3 is 4.90 Å². The fourth-order valence-corrected chi connectivity index (χ4v) is 4.99. The molecule has 0 radical (unpaired) electrons. The quantitative estimate of drug-likeness (QED) is 0.637. The van der Waals surface area contributed by atoms with Crippen LogP contribution in [0.15, 0.2) is 72.8 Å². The van der Waals surface area contributed by atoms with Crippen LogP contribution in [0.5, 0.6) is 0 Å². The van der Waals surface area contributed by atoms with E-state index in [9.17, 15) is 0 Å². The van der Waals surface area contributed by atoms with Crippen molar-refractivity contribution < 1.29 is 0 Å². The molecule has 2 saturated heterocycles. The second-order valence-electron chi connectivity index (χ2n) is 8.30. The highest BCUT2D eigenvalue weighted by molar-refractivity contribution is 5.85. The fraction of sp³-hybridized carbons (Fsp3) is 0.360. The number of anilines is 1. The van der Waals surface area contributed by atoms with Gasteiger partial charge in [0.05, 0.1) is 0 Å². The van der Waals surface area contributed by atoms with E-state index in [1.54, 1.807) is 0 Å². The van der Waals surface area contributed by atoms with Gasteiger partial charge in [-0.05, 0) is 66.2 Å². The van der Waals surface area contributed by atoms with Gasteiger partial charge in [0.1, 0.15) is 0 Å². The lowest BCUT2D eigenvalue weighted by molar-refractivity contribution is 0.271. The SMILES string of the molecule is c1ccc(CN2CCC3CN(c4ccc5ccccc5c4)CC3CC2)cc1. The predicted octanol–water partition coefficient (Wildman–Crippen LogP) is 5.19. The highest BCUT2D eigenvalue weighted by Crippen LogP contribution is 2.35. The number of hydrogen-bond acceptors (Lipinski definition) is 2. The van der Waals surface area contributed by atoms with Crippen molar-refractivity contribution in [3.05, 3.63) is 78.4 Å². The predicted molar refractivity (Wildman–Crippen MR) is 114 cm³/mol. The third-order valence-corrected chi connectivity index (χ3v) is 6.56. The van der Waals surface area contributed by atoms with Gasteiger partial charge in [0.2, 0.25) is 0 Å². The van der Waals surface area contributed by atoms with Crippen LogP contribution in [0.3, 0.4) is 0 Å². The van der Waals surface area contributed by atoms with Crippen LogP contribution in [0, 0.1) is 11.8 Å². The van der Waals surface area contributed by atoms with Crippen LogP contribution in [-0.2, 0) is 6.54 Å². The third kappa shape index (κ3) is 3.59. The molecule has 2 heteroatoms. The largest absolute Gasteiger partial charge is 0.371 e. The molecular weight excluding hydrogens is 328 g/mol. The van der Waals surface area contributed by atoms with E-state index in [-0.39, 0.29) is 0 Å². The van der Waals surface area contributed by atoms with Crippen molar-refractivity contribution in [2.24, 2.45) is 11.8 Å². The molecule has 2 atom stereocenters. The van der Waals surface area contributed by atoms with Crippen LogP contribution in [0.2, 0.25) is 0 Å². The topological polar surface area (TPSA) is 6.48 Å². The average molecular weight is 357 g/mol. The van der Waals surface area contributed by atoms with Gasteiger partial charge >= 0.3 is 0 Å². The Morgan fingerprint density at radius 2 is 1.37 bits per heavy atom. The van der Waals surface area contributed by atoms with Gasteiger partial charge in [-0.25, -0.2) is 0 Å². The molecule has 27 heavy (non-hydrogen) atoms. The van der Waals surface area contributed by atoms with E-state index in [0.717, 1.165) is 18.4 Å². The molecule has 2 nitrogen and oxygen atoms in total. The van der Waals surface area contributed by atoms with Gasteiger partial charge in [-0.1, -0.05) is 60.7 Å². The number of benzene rings is 3. The minimum absolute atomic E-state index is 0.845. The van der Waals surface area contributed by atoms with Gasteiger partial charge in [0.15, 0.2) is 0 Å². The van der Waals surface area contributed by atoms with E-state index in [1.165, 1.54) is 61.0 Å². The van der Waals surface area contributed by atoms with Gasteiger partial charge in [0.25, 0.3) is 0 Å². The summed E-state index contributed by atoms with van der Waals surface area (Å²) in [6.45, 7) is 6.03. The molecule has 2 aliphatic rings. The summed E-state index contributed by atoms with van der Waals surface area (Å²) in [5, 5.41) is 2.70. The van der Waals surface area contributed by atoms with Crippen molar-refractivity contribution in [3.8, 4) is 0 Å². The monoisotopic (exact) mass is 356 g/mol. The number of rotatable bonds is 3. The maximum absolute atomic E-state index is 2.66. The van der Waals surface area contributed by atoms with Gasteiger partial charge in [-0.2, -0.15) is 0 Å². The van der Waals surface area contributed by atoms with Crippen LogP contribution >= 0.6 is 0 Å². The minimum atomic E-state index is 0.845. The van der Waals surface area contributed by atoms with E-state index in [1.807, 2.05) is 0 Å². The van der Waals surface area contributed by atoms with Crippen LogP contribution in [0.1, 0.15) is 18.4 Å². The molecular formula is C25H28N2. The van der Waals surface area contributed by atoms with Crippen molar-refractivity contribution >= 4 is 16.5 Å². The van der Waals surface area contributed by atoms with E-state index in [4.69, 9.17) is 0 Å². The van der Waals surface area contributed by atoms with Crippen molar-refractivity contribution in [2.75, 3.05) is 31.1 Å². The summed E-state index contributed by atoms with van der Waals surface area (Å²) in [5.74, 6) is 1.69. The summed E-state index contributed by atoms with van der Waals surface area (Å²) in [6, 6.07) is 26.6. The zero-order chi connectivity index (χ0) is 18.1. The van der Waals surface area contributed by atoms with Crippen LogP contribution in [0.4, 0.5) is 5.69 Å². The lowest BCUT2D eigenvalue weighted by Crippen LogP contribution is -2.27. The summed E-state index contributed by atoms with van der Waals surface area (Å²) >= 11 is 0. The lowest BCUT2D eigenvalue weighted by Gasteiger charge is -2.23. The molecule has 138 valence electrons. The van der Waals surface area contributed by atoms with E-state index in [2.05, 4.69) is 82.6 Å². The van der Waals surface area contributed by atoms with E-state index in [0.29, 0.717) is 0 Å². The number of nitrogens with zero attached hydrogens (tertiary/aromatic N) is 2. The standard InChI is InChI=1S/C25H28N2/c1-2-6-20(7-3-1)17-26-14-12-23-18-27(19-24(23)13-15-26)25-11-10-21-8-4-5-9-22(21)16-25/h1-11,16,23-24H,12-15,17-19H2. The summed E-state index contributed by atoms with van der Waals surface area (Å²) in [6.07, 6.45) is 2.67. The normalized spacial score (nSPS) is 23.3. The molecule has 0 bridgehead atoms. The Bertz CT molecular complexity index is 888. The Morgan fingerprint density at radius 3 is 2.11 bits per heavy atom. The number of fused-ring (bicyclic) bond motifs is 2. The Hall–Kier alpha value is -2.32. The molecule has 0 amide bonds. The van der Waals surface area contributed by atoms with E-state index < -0.39 is 0 Å². The first kappa shape index (κ1) is 16.8. The average Bonchev–Trinajstić information content (AvgIpc) is 3.04. The van der Waals surface area contributed by atoms with Crippen molar-refractivity contribution in [2.45, 2.75) is 19.4 Å². The number of likely N-dealkylation sites (tertiary alicyclic amines) is 1. The van der Waals surface area contributed by atoms with Crippen LogP contribution < -0.4 is 4.90 Å². The Kier molecular flexibility index (Phi) is 4.59. The zero-order valence-electron chi connectivity index (χ0n) is 15.9. The molecule has 5 rings (SSSR count). The molecule has 2 heterocycles. The van der Waals surface area contributed by atoms with Gasteiger partial charge in [-0.3, -0.25) is 4.90 Å². The second-order valence-corrected chi connectivity index (χ2v) is 8.30. The van der Waals surface area contributed by atoms with Crippen molar-refractivity contribution in [1.82, 2.24) is 4.90 Å². The van der Waals surface area contributed by atoms with Crippen molar-refractivity contribution in [3.63, 3.8) is 0 Å². The van der Waals surface area contributed by atoms with Gasteiger partial charge in [0, 0.05) is 25.3 Å². The maximum atomic E-state index is 2.66.